The molecule has 1 atom stereocenters. The molecule has 6 rings (SSSR count). The summed E-state index contributed by atoms with van der Waals surface area (Å²) in [4.78, 5) is 24.4. The molecule has 0 bridgehead atoms. The van der Waals surface area contributed by atoms with Gasteiger partial charge in [0, 0.05) is 56.6 Å². The highest BCUT2D eigenvalue weighted by molar-refractivity contribution is 5.80. The number of amides is 1. The smallest absolute Gasteiger partial charge is 0.245 e. The van der Waals surface area contributed by atoms with Crippen molar-refractivity contribution < 1.29 is 14.3 Å². The number of nitrogens with one attached hydrogen (secondary N) is 1. The van der Waals surface area contributed by atoms with Crippen LogP contribution in [0.25, 0.3) is 16.8 Å². The summed E-state index contributed by atoms with van der Waals surface area (Å²) in [6, 6.07) is 18.0. The fraction of sp³-hybridized carbons (Fsp3) is 0.387. The highest BCUT2D eigenvalue weighted by Gasteiger charge is 2.31. The lowest BCUT2D eigenvalue weighted by molar-refractivity contribution is -0.137. The molecule has 10 nitrogen and oxygen atoms in total. The van der Waals surface area contributed by atoms with E-state index in [0.717, 1.165) is 86.0 Å². The molecule has 1 N–H and O–H groups in total. The Morgan fingerprint density at radius 1 is 0.951 bits per heavy atom. The van der Waals surface area contributed by atoms with Gasteiger partial charge in [-0.25, -0.2) is 9.50 Å². The number of carbonyl (C=O) groups is 1. The monoisotopic (exact) mass is 555 g/mol. The zero-order valence-corrected chi connectivity index (χ0v) is 23.9. The van der Waals surface area contributed by atoms with Gasteiger partial charge in [0.2, 0.25) is 11.9 Å². The van der Waals surface area contributed by atoms with Crippen molar-refractivity contribution in [2.75, 3.05) is 70.8 Å². The number of hydrogen-bond donors (Lipinski definition) is 1. The molecule has 41 heavy (non-hydrogen) atoms. The highest BCUT2D eigenvalue weighted by atomic mass is 16.5. The molecule has 0 spiro atoms. The summed E-state index contributed by atoms with van der Waals surface area (Å²) in [5, 5.41) is 8.11. The molecule has 0 saturated carbocycles. The standard InChI is InChI=1S/C31H37N7O3/c1-35-15-17-36(18-16-35)30(39)22-7-6-14-37(21-22)23-10-12-26(29(19-23)41-3)33-31-32-20-24-11-13-27(38(24)34-31)25-8-4-5-9-28(25)40-2/h4-5,8-13,19-20,22H,6-7,14-18,21H2,1-3H3,(H,33,34)/t22-/m1/s1. The van der Waals surface area contributed by atoms with Crippen molar-refractivity contribution in [2.24, 2.45) is 5.92 Å². The Balaban J connectivity index is 1.20. The summed E-state index contributed by atoms with van der Waals surface area (Å²) in [6.45, 7) is 5.16. The second-order valence-electron chi connectivity index (χ2n) is 10.8. The summed E-state index contributed by atoms with van der Waals surface area (Å²) < 4.78 is 13.2. The number of fused-ring (bicyclic) bond motifs is 1. The van der Waals surface area contributed by atoms with Crippen LogP contribution in [-0.4, -0.2) is 90.8 Å². The van der Waals surface area contributed by atoms with Crippen LogP contribution in [0.1, 0.15) is 12.8 Å². The maximum atomic E-state index is 13.3. The van der Waals surface area contributed by atoms with E-state index in [-0.39, 0.29) is 11.8 Å². The molecule has 2 aliphatic heterocycles. The minimum atomic E-state index is 0.0232. The predicted octanol–water partition coefficient (Wildman–Crippen LogP) is 4.15. The van der Waals surface area contributed by atoms with Crippen LogP contribution in [0.15, 0.2) is 60.8 Å². The fourth-order valence-corrected chi connectivity index (χ4v) is 5.82. The number of piperazine rings is 1. The number of benzene rings is 2. The Kier molecular flexibility index (Phi) is 7.65. The third-order valence-corrected chi connectivity index (χ3v) is 8.16. The van der Waals surface area contributed by atoms with Crippen molar-refractivity contribution in [1.82, 2.24) is 24.4 Å². The maximum Gasteiger partial charge on any atom is 0.245 e. The normalized spacial score (nSPS) is 18.0. The quantitative estimate of drug-likeness (QED) is 0.364. The second-order valence-corrected chi connectivity index (χ2v) is 10.8. The number of carbonyl (C=O) groups excluding carboxylic acids is 1. The van der Waals surface area contributed by atoms with Gasteiger partial charge in [-0.2, -0.15) is 0 Å². The molecule has 0 radical (unpaired) electrons. The number of methoxy groups -OCH3 is 2. The first-order valence-electron chi connectivity index (χ1n) is 14.2. The molecule has 0 aliphatic carbocycles. The maximum absolute atomic E-state index is 13.3. The highest BCUT2D eigenvalue weighted by Crippen LogP contribution is 2.34. The summed E-state index contributed by atoms with van der Waals surface area (Å²) in [5.41, 5.74) is 4.56. The molecular formula is C31H37N7O3. The molecular weight excluding hydrogens is 518 g/mol. The minimum absolute atomic E-state index is 0.0232. The first kappa shape index (κ1) is 26.9. The number of para-hydroxylation sites is 1. The van der Waals surface area contributed by atoms with Crippen LogP contribution in [-0.2, 0) is 4.79 Å². The summed E-state index contributed by atoms with van der Waals surface area (Å²) in [7, 11) is 5.44. The first-order chi connectivity index (χ1) is 20.0. The molecule has 4 aromatic rings. The Morgan fingerprint density at radius 3 is 2.56 bits per heavy atom. The van der Waals surface area contributed by atoms with E-state index in [1.165, 1.54) is 0 Å². The van der Waals surface area contributed by atoms with Gasteiger partial charge >= 0.3 is 0 Å². The van der Waals surface area contributed by atoms with Crippen LogP contribution < -0.4 is 19.7 Å². The lowest BCUT2D eigenvalue weighted by Gasteiger charge is -2.39. The third-order valence-electron chi connectivity index (χ3n) is 8.16. The van der Waals surface area contributed by atoms with E-state index in [2.05, 4.69) is 33.2 Å². The topological polar surface area (TPSA) is 87.5 Å². The van der Waals surface area contributed by atoms with Crippen molar-refractivity contribution in [3.63, 3.8) is 0 Å². The van der Waals surface area contributed by atoms with E-state index in [4.69, 9.17) is 14.6 Å². The average molecular weight is 556 g/mol. The van der Waals surface area contributed by atoms with E-state index < -0.39 is 0 Å². The van der Waals surface area contributed by atoms with Gasteiger partial charge in [0.1, 0.15) is 11.5 Å². The van der Waals surface area contributed by atoms with Gasteiger partial charge in [0.25, 0.3) is 0 Å². The van der Waals surface area contributed by atoms with Crippen molar-refractivity contribution in [1.29, 1.82) is 0 Å². The van der Waals surface area contributed by atoms with Crippen LogP contribution in [0.3, 0.4) is 0 Å². The zero-order chi connectivity index (χ0) is 28.3. The summed E-state index contributed by atoms with van der Waals surface area (Å²) in [5.74, 6) is 2.24. The van der Waals surface area contributed by atoms with Crippen molar-refractivity contribution in [2.45, 2.75) is 12.8 Å². The molecule has 214 valence electrons. The Hall–Kier alpha value is -4.31. The predicted molar refractivity (Wildman–Crippen MR) is 160 cm³/mol. The SMILES string of the molecule is COc1cc(N2CCC[C@@H](C(=O)N3CCN(C)CC3)C2)ccc1Nc1ncc2ccc(-c3ccccc3OC)n2n1. The zero-order valence-electron chi connectivity index (χ0n) is 23.9. The first-order valence-corrected chi connectivity index (χ1v) is 14.2. The number of likely N-dealkylation sites (N-methyl/N-ethyl adjacent to an activating group) is 1. The number of nitrogens with zero attached hydrogens (tertiary/aromatic N) is 6. The van der Waals surface area contributed by atoms with Crippen LogP contribution >= 0.6 is 0 Å². The van der Waals surface area contributed by atoms with Gasteiger partial charge in [-0.05, 0) is 56.3 Å². The van der Waals surface area contributed by atoms with E-state index in [1.54, 1.807) is 20.4 Å². The van der Waals surface area contributed by atoms with Gasteiger partial charge < -0.3 is 29.5 Å². The molecule has 2 fully saturated rings. The molecule has 0 unspecified atom stereocenters. The van der Waals surface area contributed by atoms with Crippen molar-refractivity contribution in [3.05, 3.63) is 60.8 Å². The van der Waals surface area contributed by atoms with Gasteiger partial charge in [-0.1, -0.05) is 12.1 Å². The van der Waals surface area contributed by atoms with E-state index in [9.17, 15) is 4.79 Å². The van der Waals surface area contributed by atoms with Crippen molar-refractivity contribution >= 4 is 28.7 Å². The Morgan fingerprint density at radius 2 is 1.76 bits per heavy atom. The summed E-state index contributed by atoms with van der Waals surface area (Å²) in [6.07, 6.45) is 3.72. The molecule has 2 aliphatic rings. The van der Waals surface area contributed by atoms with Gasteiger partial charge in [0.15, 0.2) is 0 Å². The van der Waals surface area contributed by atoms with E-state index in [0.29, 0.717) is 11.7 Å². The van der Waals surface area contributed by atoms with Crippen LogP contribution in [0.5, 0.6) is 11.5 Å². The van der Waals surface area contributed by atoms with Crippen LogP contribution in [0, 0.1) is 5.92 Å². The number of hydrogen-bond acceptors (Lipinski definition) is 8. The molecule has 4 heterocycles. The minimum Gasteiger partial charge on any atom is -0.496 e. The molecule has 10 heteroatoms. The molecule has 1 amide bonds. The number of ether oxygens (including phenoxy) is 2. The van der Waals surface area contributed by atoms with Gasteiger partial charge in [0.05, 0.1) is 43.2 Å². The third kappa shape index (κ3) is 5.52. The average Bonchev–Trinajstić information content (AvgIpc) is 3.44. The van der Waals surface area contributed by atoms with Gasteiger partial charge in [-0.15, -0.1) is 5.10 Å². The number of anilines is 3. The molecule has 2 saturated heterocycles. The Bertz CT molecular complexity index is 1530. The van der Waals surface area contributed by atoms with E-state index >= 15 is 0 Å². The largest absolute Gasteiger partial charge is 0.496 e. The number of rotatable bonds is 7. The molecule has 2 aromatic heterocycles. The number of piperidine rings is 1. The van der Waals surface area contributed by atoms with Gasteiger partial charge in [-0.3, -0.25) is 4.79 Å². The summed E-state index contributed by atoms with van der Waals surface area (Å²) >= 11 is 0. The lowest BCUT2D eigenvalue weighted by atomic mass is 9.95. The number of aromatic nitrogens is 3. The molecule has 2 aromatic carbocycles. The lowest BCUT2D eigenvalue weighted by Crippen LogP contribution is -2.51. The van der Waals surface area contributed by atoms with E-state index in [1.807, 2.05) is 57.9 Å². The Labute approximate surface area is 240 Å². The van der Waals surface area contributed by atoms with Crippen molar-refractivity contribution in [3.8, 4) is 22.8 Å². The fourth-order valence-electron chi connectivity index (χ4n) is 5.82. The van der Waals surface area contributed by atoms with Crippen LogP contribution in [0.2, 0.25) is 0 Å². The second kappa shape index (κ2) is 11.7. The van der Waals surface area contributed by atoms with Crippen LogP contribution in [0.4, 0.5) is 17.3 Å².